The molecule has 0 radical (unpaired) electrons. The largest absolute Gasteiger partial charge is 0.497 e. The van der Waals surface area contributed by atoms with Gasteiger partial charge in [-0.05, 0) is 42.5 Å². The fraction of sp³-hybridized carbons (Fsp3) is 0.238. The monoisotopic (exact) mass is 387 g/mol. The summed E-state index contributed by atoms with van der Waals surface area (Å²) in [6.07, 6.45) is 5.33. The second kappa shape index (κ2) is 7.38. The zero-order chi connectivity index (χ0) is 19.6. The molecule has 1 aliphatic rings. The zero-order valence-corrected chi connectivity index (χ0v) is 16.1. The summed E-state index contributed by atoms with van der Waals surface area (Å²) in [5.41, 5.74) is 4.95. The summed E-state index contributed by atoms with van der Waals surface area (Å²) >= 11 is 0. The van der Waals surface area contributed by atoms with Crippen LogP contribution < -0.4 is 14.5 Å². The Balaban J connectivity index is 1.44. The minimum absolute atomic E-state index is 0.777. The molecule has 1 aliphatic heterocycles. The lowest BCUT2D eigenvalue weighted by atomic mass is 10.1. The SMILES string of the molecule is COc1ccc(-c2cc(N3CCN(c4ccncc4)CC3)c3nncn3n2)cc1. The van der Waals surface area contributed by atoms with Crippen molar-refractivity contribution in [2.75, 3.05) is 43.1 Å². The van der Waals surface area contributed by atoms with Crippen LogP contribution in [-0.2, 0) is 0 Å². The molecular weight excluding hydrogens is 366 g/mol. The van der Waals surface area contributed by atoms with Gasteiger partial charge in [0.15, 0.2) is 0 Å². The summed E-state index contributed by atoms with van der Waals surface area (Å²) in [7, 11) is 1.67. The van der Waals surface area contributed by atoms with Crippen molar-refractivity contribution < 1.29 is 4.74 Å². The van der Waals surface area contributed by atoms with Crippen LogP contribution in [0.4, 0.5) is 11.4 Å². The number of fused-ring (bicyclic) bond motifs is 1. The molecule has 29 heavy (non-hydrogen) atoms. The minimum Gasteiger partial charge on any atom is -0.497 e. The Kier molecular flexibility index (Phi) is 4.44. The quantitative estimate of drug-likeness (QED) is 0.533. The molecule has 0 aliphatic carbocycles. The average molecular weight is 387 g/mol. The van der Waals surface area contributed by atoms with Gasteiger partial charge in [-0.1, -0.05) is 0 Å². The molecule has 0 bridgehead atoms. The number of hydrogen-bond acceptors (Lipinski definition) is 7. The number of pyridine rings is 1. The number of hydrogen-bond donors (Lipinski definition) is 0. The van der Waals surface area contributed by atoms with Crippen LogP contribution in [0.5, 0.6) is 5.75 Å². The van der Waals surface area contributed by atoms with Gasteiger partial charge in [0.25, 0.3) is 0 Å². The Bertz CT molecular complexity index is 1100. The number of anilines is 2. The number of piperazine rings is 1. The second-order valence-electron chi connectivity index (χ2n) is 6.92. The molecule has 5 rings (SSSR count). The van der Waals surface area contributed by atoms with Gasteiger partial charge in [-0.2, -0.15) is 9.61 Å². The van der Waals surface area contributed by atoms with E-state index in [2.05, 4.69) is 48.3 Å². The maximum Gasteiger partial charge on any atom is 0.200 e. The van der Waals surface area contributed by atoms with Crippen molar-refractivity contribution >= 4 is 17.0 Å². The molecule has 3 aromatic heterocycles. The molecule has 8 heteroatoms. The summed E-state index contributed by atoms with van der Waals surface area (Å²) in [5.74, 6) is 0.826. The lowest BCUT2D eigenvalue weighted by Gasteiger charge is -2.37. The normalized spacial score (nSPS) is 14.4. The van der Waals surface area contributed by atoms with Crippen molar-refractivity contribution in [2.24, 2.45) is 0 Å². The van der Waals surface area contributed by atoms with Gasteiger partial charge in [-0.25, -0.2) is 0 Å². The van der Waals surface area contributed by atoms with E-state index in [4.69, 9.17) is 4.74 Å². The molecule has 1 saturated heterocycles. The van der Waals surface area contributed by atoms with Crippen LogP contribution in [0, 0.1) is 0 Å². The van der Waals surface area contributed by atoms with Crippen LogP contribution in [0.15, 0.2) is 61.2 Å². The fourth-order valence-corrected chi connectivity index (χ4v) is 3.71. The first-order chi connectivity index (χ1) is 14.3. The van der Waals surface area contributed by atoms with Gasteiger partial charge in [0.05, 0.1) is 18.5 Å². The molecule has 1 aromatic carbocycles. The van der Waals surface area contributed by atoms with Crippen LogP contribution in [0.1, 0.15) is 0 Å². The smallest absolute Gasteiger partial charge is 0.200 e. The number of ether oxygens (including phenoxy) is 1. The molecule has 0 unspecified atom stereocenters. The zero-order valence-electron chi connectivity index (χ0n) is 16.1. The summed E-state index contributed by atoms with van der Waals surface area (Å²) in [4.78, 5) is 8.85. The first kappa shape index (κ1) is 17.4. The molecule has 8 nitrogen and oxygen atoms in total. The Morgan fingerprint density at radius 2 is 1.62 bits per heavy atom. The molecule has 4 heterocycles. The number of benzene rings is 1. The van der Waals surface area contributed by atoms with E-state index < -0.39 is 0 Å². The summed E-state index contributed by atoms with van der Waals surface area (Å²) in [5, 5.41) is 13.1. The van der Waals surface area contributed by atoms with Gasteiger partial charge in [0, 0.05) is 49.8 Å². The van der Waals surface area contributed by atoms with E-state index in [0.717, 1.165) is 54.5 Å². The third-order valence-electron chi connectivity index (χ3n) is 5.28. The Hall–Kier alpha value is -3.68. The van der Waals surface area contributed by atoms with E-state index in [1.54, 1.807) is 18.0 Å². The maximum absolute atomic E-state index is 5.27. The second-order valence-corrected chi connectivity index (χ2v) is 6.92. The molecule has 0 spiro atoms. The highest BCUT2D eigenvalue weighted by Gasteiger charge is 2.21. The van der Waals surface area contributed by atoms with Gasteiger partial charge < -0.3 is 14.5 Å². The minimum atomic E-state index is 0.777. The average Bonchev–Trinajstić information content (AvgIpc) is 3.28. The van der Waals surface area contributed by atoms with E-state index in [9.17, 15) is 0 Å². The molecule has 0 amide bonds. The van der Waals surface area contributed by atoms with E-state index in [0.29, 0.717) is 0 Å². The topological polar surface area (TPSA) is 71.7 Å². The highest BCUT2D eigenvalue weighted by Crippen LogP contribution is 2.28. The molecule has 0 N–H and O–H groups in total. The van der Waals surface area contributed by atoms with Crippen molar-refractivity contribution in [2.45, 2.75) is 0 Å². The van der Waals surface area contributed by atoms with Gasteiger partial charge in [-0.15, -0.1) is 10.2 Å². The van der Waals surface area contributed by atoms with Crippen molar-refractivity contribution in [1.29, 1.82) is 0 Å². The van der Waals surface area contributed by atoms with E-state index >= 15 is 0 Å². The lowest BCUT2D eigenvalue weighted by molar-refractivity contribution is 0.415. The van der Waals surface area contributed by atoms with Crippen LogP contribution in [0.25, 0.3) is 16.9 Å². The summed E-state index contributed by atoms with van der Waals surface area (Å²) in [6, 6.07) is 14.1. The Morgan fingerprint density at radius 1 is 0.897 bits per heavy atom. The van der Waals surface area contributed by atoms with Crippen molar-refractivity contribution in [1.82, 2.24) is 24.8 Å². The standard InChI is InChI=1S/C21H21N7O/c1-29-18-4-2-16(3-5-18)19-14-20(21-24-23-15-28(21)25-19)27-12-10-26(11-13-27)17-6-8-22-9-7-17/h2-9,14-15H,10-13H2,1H3. The lowest BCUT2D eigenvalue weighted by Crippen LogP contribution is -2.46. The third-order valence-corrected chi connectivity index (χ3v) is 5.28. The highest BCUT2D eigenvalue weighted by atomic mass is 16.5. The first-order valence-corrected chi connectivity index (χ1v) is 9.57. The Labute approximate surface area is 168 Å². The van der Waals surface area contributed by atoms with Gasteiger partial charge in [0.2, 0.25) is 5.65 Å². The molecule has 0 saturated carbocycles. The van der Waals surface area contributed by atoms with Gasteiger partial charge >= 0.3 is 0 Å². The number of methoxy groups -OCH3 is 1. The van der Waals surface area contributed by atoms with E-state index in [1.165, 1.54) is 5.69 Å². The number of aromatic nitrogens is 5. The maximum atomic E-state index is 5.27. The van der Waals surface area contributed by atoms with Crippen molar-refractivity contribution in [3.05, 3.63) is 61.2 Å². The summed E-state index contributed by atoms with van der Waals surface area (Å²) in [6.45, 7) is 3.67. The van der Waals surface area contributed by atoms with Crippen molar-refractivity contribution in [3.63, 3.8) is 0 Å². The van der Waals surface area contributed by atoms with Crippen LogP contribution in [0.2, 0.25) is 0 Å². The highest BCUT2D eigenvalue weighted by molar-refractivity contribution is 5.75. The van der Waals surface area contributed by atoms with Gasteiger partial charge in [-0.3, -0.25) is 4.98 Å². The van der Waals surface area contributed by atoms with Crippen LogP contribution in [0.3, 0.4) is 0 Å². The van der Waals surface area contributed by atoms with E-state index in [1.807, 2.05) is 36.7 Å². The first-order valence-electron chi connectivity index (χ1n) is 9.57. The van der Waals surface area contributed by atoms with Crippen LogP contribution in [-0.4, -0.2) is 58.1 Å². The molecule has 146 valence electrons. The third kappa shape index (κ3) is 3.33. The Morgan fingerprint density at radius 3 is 2.34 bits per heavy atom. The van der Waals surface area contributed by atoms with Gasteiger partial charge in [0.1, 0.15) is 12.1 Å². The summed E-state index contributed by atoms with van der Waals surface area (Å²) < 4.78 is 7.02. The molecular formula is C21H21N7O. The number of nitrogens with zero attached hydrogens (tertiary/aromatic N) is 7. The molecule has 4 aromatic rings. The predicted molar refractivity (Wildman–Crippen MR) is 111 cm³/mol. The predicted octanol–water partition coefficient (Wildman–Crippen LogP) is 2.52. The van der Waals surface area contributed by atoms with Crippen LogP contribution >= 0.6 is 0 Å². The van der Waals surface area contributed by atoms with Crippen molar-refractivity contribution in [3.8, 4) is 17.0 Å². The molecule has 0 atom stereocenters. The fourth-order valence-electron chi connectivity index (χ4n) is 3.71. The number of rotatable bonds is 4. The molecule has 1 fully saturated rings. The van der Waals surface area contributed by atoms with E-state index in [-0.39, 0.29) is 0 Å².